The van der Waals surface area contributed by atoms with E-state index in [1.54, 1.807) is 11.1 Å². The van der Waals surface area contributed by atoms with Crippen molar-refractivity contribution in [3.8, 4) is 0 Å². The Morgan fingerprint density at radius 2 is 2.07 bits per heavy atom. The standard InChI is InChI=1S/C13H19N/c1-2-4-12-10(3-1)5-6-11-9-14-8-7-13(11)12/h3-4,11,13-14H,1-2,5-9H2/t11-,13-/m0/s1. The minimum Gasteiger partial charge on any atom is -0.316 e. The quantitative estimate of drug-likeness (QED) is 0.617. The Balaban J connectivity index is 1.88. The molecule has 0 aromatic heterocycles. The van der Waals surface area contributed by atoms with Crippen LogP contribution in [0.1, 0.15) is 32.1 Å². The molecule has 0 amide bonds. The van der Waals surface area contributed by atoms with Gasteiger partial charge in [0.05, 0.1) is 0 Å². The SMILES string of the molecule is C1=C2CC[C@H]3CNCC[C@@H]3C2=CCC1. The van der Waals surface area contributed by atoms with Gasteiger partial charge in [-0.05, 0) is 68.2 Å². The van der Waals surface area contributed by atoms with Crippen LogP contribution in [0.3, 0.4) is 0 Å². The van der Waals surface area contributed by atoms with E-state index in [1.165, 1.54) is 45.2 Å². The van der Waals surface area contributed by atoms with Crippen LogP contribution in [0.2, 0.25) is 0 Å². The molecule has 3 aliphatic rings. The molecule has 76 valence electrons. The third kappa shape index (κ3) is 1.35. The lowest BCUT2D eigenvalue weighted by Crippen LogP contribution is -2.40. The van der Waals surface area contributed by atoms with Crippen molar-refractivity contribution in [1.82, 2.24) is 5.32 Å². The molecule has 0 aromatic rings. The summed E-state index contributed by atoms with van der Waals surface area (Å²) in [5.74, 6) is 1.83. The van der Waals surface area contributed by atoms with Gasteiger partial charge >= 0.3 is 0 Å². The van der Waals surface area contributed by atoms with Gasteiger partial charge in [0.25, 0.3) is 0 Å². The van der Waals surface area contributed by atoms with Crippen LogP contribution in [0.25, 0.3) is 0 Å². The molecular formula is C13H19N. The van der Waals surface area contributed by atoms with Crippen molar-refractivity contribution in [1.29, 1.82) is 0 Å². The molecule has 1 N–H and O–H groups in total. The van der Waals surface area contributed by atoms with Gasteiger partial charge in [0.15, 0.2) is 0 Å². The number of nitrogens with one attached hydrogen (secondary N) is 1. The molecule has 0 spiro atoms. The van der Waals surface area contributed by atoms with Crippen LogP contribution < -0.4 is 5.32 Å². The fourth-order valence-electron chi connectivity index (χ4n) is 3.36. The molecule has 1 saturated carbocycles. The highest BCUT2D eigenvalue weighted by molar-refractivity contribution is 5.38. The van der Waals surface area contributed by atoms with Crippen LogP contribution in [0.15, 0.2) is 23.3 Å². The second kappa shape index (κ2) is 3.54. The molecule has 0 unspecified atom stereocenters. The van der Waals surface area contributed by atoms with E-state index in [0.717, 1.165) is 11.8 Å². The van der Waals surface area contributed by atoms with Crippen molar-refractivity contribution in [2.45, 2.75) is 32.1 Å². The molecule has 2 atom stereocenters. The van der Waals surface area contributed by atoms with E-state index >= 15 is 0 Å². The second-order valence-corrected chi connectivity index (χ2v) is 4.86. The third-order valence-electron chi connectivity index (χ3n) is 4.08. The van der Waals surface area contributed by atoms with Gasteiger partial charge in [0, 0.05) is 0 Å². The van der Waals surface area contributed by atoms with Gasteiger partial charge in [-0.1, -0.05) is 12.2 Å². The average Bonchev–Trinajstić information content (AvgIpc) is 2.29. The van der Waals surface area contributed by atoms with Crippen LogP contribution in [0.4, 0.5) is 0 Å². The van der Waals surface area contributed by atoms with Crippen molar-refractivity contribution in [3.63, 3.8) is 0 Å². The fraction of sp³-hybridized carbons (Fsp3) is 0.692. The van der Waals surface area contributed by atoms with Gasteiger partial charge in [-0.15, -0.1) is 0 Å². The zero-order valence-electron chi connectivity index (χ0n) is 8.76. The summed E-state index contributed by atoms with van der Waals surface area (Å²) in [6, 6.07) is 0. The number of hydrogen-bond donors (Lipinski definition) is 1. The average molecular weight is 189 g/mol. The van der Waals surface area contributed by atoms with E-state index < -0.39 is 0 Å². The van der Waals surface area contributed by atoms with Crippen LogP contribution in [-0.2, 0) is 0 Å². The molecule has 1 heterocycles. The third-order valence-corrected chi connectivity index (χ3v) is 4.08. The summed E-state index contributed by atoms with van der Waals surface area (Å²) in [5, 5.41) is 3.53. The Morgan fingerprint density at radius 1 is 1.14 bits per heavy atom. The number of hydrogen-bond acceptors (Lipinski definition) is 1. The first-order valence-corrected chi connectivity index (χ1v) is 6.05. The maximum Gasteiger partial charge on any atom is -0.00145 e. The van der Waals surface area contributed by atoms with Crippen molar-refractivity contribution >= 4 is 0 Å². The maximum absolute atomic E-state index is 3.53. The Hall–Kier alpha value is -0.560. The molecule has 1 heteroatoms. The second-order valence-electron chi connectivity index (χ2n) is 4.86. The molecule has 0 aromatic carbocycles. The summed E-state index contributed by atoms with van der Waals surface area (Å²) in [5.41, 5.74) is 3.42. The zero-order valence-corrected chi connectivity index (χ0v) is 8.76. The van der Waals surface area contributed by atoms with Crippen molar-refractivity contribution in [2.75, 3.05) is 13.1 Å². The van der Waals surface area contributed by atoms with Gasteiger partial charge in [-0.25, -0.2) is 0 Å². The molecule has 1 nitrogen and oxygen atoms in total. The van der Waals surface area contributed by atoms with E-state index in [2.05, 4.69) is 17.5 Å². The smallest absolute Gasteiger partial charge is 0.00145 e. The van der Waals surface area contributed by atoms with Gasteiger partial charge in [0.2, 0.25) is 0 Å². The number of allylic oxidation sites excluding steroid dienone is 4. The Labute approximate surface area is 86.3 Å². The monoisotopic (exact) mass is 189 g/mol. The molecule has 1 aliphatic heterocycles. The summed E-state index contributed by atoms with van der Waals surface area (Å²) in [4.78, 5) is 0. The minimum absolute atomic E-state index is 0.900. The van der Waals surface area contributed by atoms with Crippen molar-refractivity contribution in [3.05, 3.63) is 23.3 Å². The number of fused-ring (bicyclic) bond motifs is 3. The first kappa shape index (κ1) is 8.72. The molecule has 14 heavy (non-hydrogen) atoms. The summed E-state index contributed by atoms with van der Waals surface area (Å²) in [7, 11) is 0. The van der Waals surface area contributed by atoms with E-state index in [9.17, 15) is 0 Å². The number of rotatable bonds is 0. The Bertz CT molecular complexity index is 288. The normalized spacial score (nSPS) is 36.6. The van der Waals surface area contributed by atoms with Gasteiger partial charge in [-0.2, -0.15) is 0 Å². The molecule has 2 fully saturated rings. The van der Waals surface area contributed by atoms with E-state index in [4.69, 9.17) is 0 Å². The van der Waals surface area contributed by atoms with E-state index in [0.29, 0.717) is 0 Å². The van der Waals surface area contributed by atoms with Crippen molar-refractivity contribution < 1.29 is 0 Å². The van der Waals surface area contributed by atoms with E-state index in [-0.39, 0.29) is 0 Å². The van der Waals surface area contributed by atoms with Gasteiger partial charge < -0.3 is 5.32 Å². The lowest BCUT2D eigenvalue weighted by Gasteiger charge is -2.40. The summed E-state index contributed by atoms with van der Waals surface area (Å²) in [6.45, 7) is 2.49. The Morgan fingerprint density at radius 3 is 3.07 bits per heavy atom. The first-order chi connectivity index (χ1) is 6.95. The van der Waals surface area contributed by atoms with Crippen molar-refractivity contribution in [2.24, 2.45) is 11.8 Å². The highest BCUT2D eigenvalue weighted by Gasteiger charge is 2.33. The molecule has 0 bridgehead atoms. The highest BCUT2D eigenvalue weighted by atomic mass is 14.9. The first-order valence-electron chi connectivity index (χ1n) is 6.05. The lowest BCUT2D eigenvalue weighted by atomic mass is 9.69. The fourth-order valence-corrected chi connectivity index (χ4v) is 3.36. The molecule has 0 radical (unpaired) electrons. The highest BCUT2D eigenvalue weighted by Crippen LogP contribution is 2.42. The number of piperidine rings is 1. The summed E-state index contributed by atoms with van der Waals surface area (Å²) >= 11 is 0. The lowest BCUT2D eigenvalue weighted by molar-refractivity contribution is 0.257. The van der Waals surface area contributed by atoms with E-state index in [1.807, 2.05) is 0 Å². The predicted octanol–water partition coefficient (Wildman–Crippen LogP) is 2.65. The van der Waals surface area contributed by atoms with Gasteiger partial charge in [0.1, 0.15) is 0 Å². The minimum atomic E-state index is 0.900. The summed E-state index contributed by atoms with van der Waals surface area (Å²) < 4.78 is 0. The molecule has 1 saturated heterocycles. The van der Waals surface area contributed by atoms with Crippen LogP contribution in [0, 0.1) is 11.8 Å². The predicted molar refractivity (Wildman–Crippen MR) is 59.1 cm³/mol. The molecular weight excluding hydrogens is 170 g/mol. The van der Waals surface area contributed by atoms with Gasteiger partial charge in [-0.3, -0.25) is 0 Å². The summed E-state index contributed by atoms with van der Waals surface area (Å²) in [6.07, 6.45) is 11.7. The largest absolute Gasteiger partial charge is 0.316 e. The molecule has 2 aliphatic carbocycles. The Kier molecular flexibility index (Phi) is 2.21. The maximum atomic E-state index is 3.53. The molecule has 3 rings (SSSR count). The van der Waals surface area contributed by atoms with Crippen LogP contribution in [0.5, 0.6) is 0 Å². The van der Waals surface area contributed by atoms with Crippen LogP contribution in [-0.4, -0.2) is 13.1 Å². The topological polar surface area (TPSA) is 12.0 Å². The van der Waals surface area contributed by atoms with Crippen LogP contribution >= 0.6 is 0 Å². The zero-order chi connectivity index (χ0) is 9.38.